The number of unbranched alkanes of at least 4 members (excludes halogenated alkanes) is 5. The second kappa shape index (κ2) is 11.6. The molecule has 2 atom stereocenters. The lowest BCUT2D eigenvalue weighted by Crippen LogP contribution is -2.47. The monoisotopic (exact) mass is 396 g/mol. The molecule has 28 heavy (non-hydrogen) atoms. The predicted octanol–water partition coefficient (Wildman–Crippen LogP) is 6.77. The normalized spacial score (nSPS) is 26.3. The molecule has 0 spiro atoms. The third kappa shape index (κ3) is 8.84. The van der Waals surface area contributed by atoms with Crippen LogP contribution in [0.2, 0.25) is 0 Å². The first kappa shape index (κ1) is 25.5. The van der Waals surface area contributed by atoms with Crippen LogP contribution in [0.5, 0.6) is 0 Å². The summed E-state index contributed by atoms with van der Waals surface area (Å²) in [4.78, 5) is 12.2. The zero-order chi connectivity index (χ0) is 21.4. The number of hydrogen-bond donors (Lipinski definition) is 1. The third-order valence-electron chi connectivity index (χ3n) is 6.74. The predicted molar refractivity (Wildman–Crippen MR) is 118 cm³/mol. The maximum atomic E-state index is 12.2. The molecule has 3 nitrogen and oxygen atoms in total. The zero-order valence-electron chi connectivity index (χ0n) is 19.9. The molecular formula is C25H48O3. The van der Waals surface area contributed by atoms with Gasteiger partial charge in [-0.2, -0.15) is 0 Å². The van der Waals surface area contributed by atoms with E-state index in [-0.39, 0.29) is 34.7 Å². The van der Waals surface area contributed by atoms with Crippen LogP contribution in [0.15, 0.2) is 0 Å². The van der Waals surface area contributed by atoms with Crippen molar-refractivity contribution in [2.45, 2.75) is 119 Å². The fourth-order valence-corrected chi connectivity index (χ4v) is 4.80. The number of carbonyl (C=O) groups excluding carboxylic acids is 1. The van der Waals surface area contributed by atoms with E-state index in [1.165, 1.54) is 25.7 Å². The topological polar surface area (TPSA) is 46.5 Å². The maximum Gasteiger partial charge on any atom is 0.305 e. The average Bonchev–Trinajstić information content (AvgIpc) is 2.58. The molecule has 1 N–H and O–H groups in total. The van der Waals surface area contributed by atoms with Crippen molar-refractivity contribution in [2.24, 2.45) is 28.6 Å². The van der Waals surface area contributed by atoms with Gasteiger partial charge in [-0.15, -0.1) is 0 Å². The van der Waals surface area contributed by atoms with E-state index >= 15 is 0 Å². The number of aliphatic hydroxyl groups is 1. The van der Waals surface area contributed by atoms with Gasteiger partial charge in [0.15, 0.2) is 0 Å². The molecule has 1 aliphatic carbocycles. The van der Waals surface area contributed by atoms with E-state index in [1.807, 2.05) is 0 Å². The van der Waals surface area contributed by atoms with Crippen LogP contribution in [0, 0.1) is 28.6 Å². The van der Waals surface area contributed by atoms with E-state index in [1.54, 1.807) is 0 Å². The molecule has 0 radical (unpaired) electrons. The van der Waals surface area contributed by atoms with Crippen LogP contribution in [0.3, 0.4) is 0 Å². The summed E-state index contributed by atoms with van der Waals surface area (Å²) in [5.74, 6) is 1.03. The molecule has 1 rings (SSSR count). The van der Waals surface area contributed by atoms with Crippen LogP contribution in [-0.4, -0.2) is 23.8 Å². The van der Waals surface area contributed by atoms with Gasteiger partial charge in [0.1, 0.15) is 0 Å². The second-order valence-corrected chi connectivity index (χ2v) is 11.3. The Labute approximate surface area is 175 Å². The largest absolute Gasteiger partial charge is 0.466 e. The van der Waals surface area contributed by atoms with Crippen molar-refractivity contribution in [3.05, 3.63) is 0 Å². The van der Waals surface area contributed by atoms with Gasteiger partial charge in [0, 0.05) is 6.42 Å². The fourth-order valence-electron chi connectivity index (χ4n) is 4.80. The van der Waals surface area contributed by atoms with Gasteiger partial charge in [-0.3, -0.25) is 4.79 Å². The molecule has 0 saturated heterocycles. The Morgan fingerprint density at radius 3 is 1.89 bits per heavy atom. The summed E-state index contributed by atoms with van der Waals surface area (Å²) in [6.45, 7) is 16.2. The lowest BCUT2D eigenvalue weighted by atomic mass is 9.58. The molecule has 0 heterocycles. The van der Waals surface area contributed by atoms with Gasteiger partial charge in [-0.1, -0.05) is 80.6 Å². The fraction of sp³-hybridized carbons (Fsp3) is 0.960. The smallest absolute Gasteiger partial charge is 0.305 e. The van der Waals surface area contributed by atoms with Crippen LogP contribution in [0.25, 0.3) is 0 Å². The SMILES string of the molecule is CCCCCCCCOC(=O)CCC1CC(C(C)(C)C)C(O)C(C(C)(C)C)C1. The summed E-state index contributed by atoms with van der Waals surface area (Å²) in [6, 6.07) is 0. The summed E-state index contributed by atoms with van der Waals surface area (Å²) in [5.41, 5.74) is 0.166. The van der Waals surface area contributed by atoms with Gasteiger partial charge < -0.3 is 9.84 Å². The van der Waals surface area contributed by atoms with Gasteiger partial charge in [0.05, 0.1) is 12.7 Å². The van der Waals surface area contributed by atoms with Crippen molar-refractivity contribution >= 4 is 5.97 Å². The minimum atomic E-state index is -0.254. The number of rotatable bonds is 10. The van der Waals surface area contributed by atoms with Crippen molar-refractivity contribution < 1.29 is 14.6 Å². The standard InChI is InChI=1S/C25H48O3/c1-8-9-10-11-12-13-16-28-22(26)15-14-19-17-20(24(2,3)4)23(27)21(18-19)25(5,6)7/h19-21,23,27H,8-18H2,1-7H3. The first-order valence-electron chi connectivity index (χ1n) is 11.8. The van der Waals surface area contributed by atoms with E-state index < -0.39 is 0 Å². The summed E-state index contributed by atoms with van der Waals surface area (Å²) in [5, 5.41) is 11.0. The number of esters is 1. The molecule has 3 heteroatoms. The van der Waals surface area contributed by atoms with Gasteiger partial charge in [0.2, 0.25) is 0 Å². The highest BCUT2D eigenvalue weighted by Gasteiger charge is 2.45. The molecule has 0 amide bonds. The van der Waals surface area contributed by atoms with Crippen LogP contribution in [0.1, 0.15) is 113 Å². The number of carbonyl (C=O) groups is 1. The van der Waals surface area contributed by atoms with Crippen LogP contribution in [-0.2, 0) is 9.53 Å². The van der Waals surface area contributed by atoms with Crippen LogP contribution < -0.4 is 0 Å². The number of ether oxygens (including phenoxy) is 1. The molecule has 1 aliphatic rings. The van der Waals surface area contributed by atoms with Crippen LogP contribution in [0.4, 0.5) is 0 Å². The van der Waals surface area contributed by atoms with Gasteiger partial charge in [-0.05, 0) is 54.3 Å². The molecular weight excluding hydrogens is 348 g/mol. The molecule has 2 unspecified atom stereocenters. The highest BCUT2D eigenvalue weighted by molar-refractivity contribution is 5.69. The van der Waals surface area contributed by atoms with E-state index in [0.717, 1.165) is 32.1 Å². The lowest BCUT2D eigenvalue weighted by Gasteiger charge is -2.49. The number of hydrogen-bond acceptors (Lipinski definition) is 3. The van der Waals surface area contributed by atoms with Crippen molar-refractivity contribution in [1.82, 2.24) is 0 Å². The molecule has 0 bridgehead atoms. The Bertz CT molecular complexity index is 420. The van der Waals surface area contributed by atoms with Gasteiger partial charge >= 0.3 is 5.97 Å². The first-order chi connectivity index (χ1) is 13.0. The van der Waals surface area contributed by atoms with E-state index in [2.05, 4.69) is 48.5 Å². The highest BCUT2D eigenvalue weighted by Crippen LogP contribution is 2.49. The van der Waals surface area contributed by atoms with Crippen molar-refractivity contribution in [2.75, 3.05) is 6.61 Å². The van der Waals surface area contributed by atoms with Gasteiger partial charge in [0.25, 0.3) is 0 Å². The quantitative estimate of drug-likeness (QED) is 0.327. The van der Waals surface area contributed by atoms with Crippen LogP contribution >= 0.6 is 0 Å². The Kier molecular flexibility index (Phi) is 10.5. The summed E-state index contributed by atoms with van der Waals surface area (Å²) < 4.78 is 5.46. The minimum Gasteiger partial charge on any atom is -0.466 e. The number of aliphatic hydroxyl groups excluding tert-OH is 1. The maximum absolute atomic E-state index is 12.2. The third-order valence-corrected chi connectivity index (χ3v) is 6.74. The van der Waals surface area contributed by atoms with Crippen molar-refractivity contribution in [3.8, 4) is 0 Å². The summed E-state index contributed by atoms with van der Waals surface area (Å²) >= 11 is 0. The Hall–Kier alpha value is -0.570. The molecule has 0 aromatic heterocycles. The van der Waals surface area contributed by atoms with Gasteiger partial charge in [-0.25, -0.2) is 0 Å². The van der Waals surface area contributed by atoms with E-state index in [4.69, 9.17) is 4.74 Å². The Balaban J connectivity index is 2.44. The molecule has 1 saturated carbocycles. The molecule has 0 aromatic rings. The molecule has 0 aliphatic heterocycles. The van der Waals surface area contributed by atoms with Crippen molar-refractivity contribution in [3.63, 3.8) is 0 Å². The second-order valence-electron chi connectivity index (χ2n) is 11.3. The highest BCUT2D eigenvalue weighted by atomic mass is 16.5. The zero-order valence-corrected chi connectivity index (χ0v) is 19.9. The minimum absolute atomic E-state index is 0.0423. The Morgan fingerprint density at radius 2 is 1.39 bits per heavy atom. The van der Waals surface area contributed by atoms with Crippen molar-refractivity contribution in [1.29, 1.82) is 0 Å². The first-order valence-corrected chi connectivity index (χ1v) is 11.8. The summed E-state index contributed by atoms with van der Waals surface area (Å²) in [7, 11) is 0. The molecule has 1 fully saturated rings. The van der Waals surface area contributed by atoms with E-state index in [9.17, 15) is 9.90 Å². The Morgan fingerprint density at radius 1 is 0.893 bits per heavy atom. The summed E-state index contributed by atoms with van der Waals surface area (Å²) in [6.07, 6.45) is 10.4. The molecule has 166 valence electrons. The molecule has 0 aromatic carbocycles. The van der Waals surface area contributed by atoms with E-state index in [0.29, 0.717) is 18.9 Å². The average molecular weight is 397 g/mol. The lowest BCUT2D eigenvalue weighted by molar-refractivity contribution is -0.144.